The molecule has 5 rings (SSSR count). The minimum Gasteiger partial charge on any atom is -0.444 e. The van der Waals surface area contributed by atoms with Gasteiger partial charge >= 0.3 is 6.09 Å². The SMILES string of the molecule is CC(C)(C)OC(=O)N1CCC[C@H](c2nn(S(=O)(=O)c3ccccc3)cc2-c2ccc(CN3CCCCC3)cc2)C1. The van der Waals surface area contributed by atoms with E-state index in [-0.39, 0.29) is 16.9 Å². The Morgan fingerprint density at radius 1 is 0.950 bits per heavy atom. The third kappa shape index (κ3) is 6.58. The Morgan fingerprint density at radius 2 is 1.65 bits per heavy atom. The zero-order chi connectivity index (χ0) is 28.3. The van der Waals surface area contributed by atoms with Gasteiger partial charge in [-0.15, -0.1) is 0 Å². The number of hydrogen-bond acceptors (Lipinski definition) is 6. The summed E-state index contributed by atoms with van der Waals surface area (Å²) in [6, 6.07) is 16.7. The summed E-state index contributed by atoms with van der Waals surface area (Å²) >= 11 is 0. The molecule has 0 N–H and O–H groups in total. The molecule has 3 heterocycles. The first kappa shape index (κ1) is 28.4. The second kappa shape index (κ2) is 11.7. The van der Waals surface area contributed by atoms with Crippen molar-refractivity contribution >= 4 is 16.1 Å². The molecule has 1 amide bonds. The summed E-state index contributed by atoms with van der Waals surface area (Å²) in [6.07, 6.45) is 6.68. The highest BCUT2D eigenvalue weighted by atomic mass is 32.2. The van der Waals surface area contributed by atoms with Gasteiger partial charge in [-0.25, -0.2) is 4.79 Å². The third-order valence-corrected chi connectivity index (χ3v) is 9.14. The summed E-state index contributed by atoms with van der Waals surface area (Å²) in [6.45, 7) is 9.78. The number of carbonyl (C=O) groups excluding carboxylic acids is 1. The summed E-state index contributed by atoms with van der Waals surface area (Å²) in [5.41, 5.74) is 3.04. The van der Waals surface area contributed by atoms with Crippen molar-refractivity contribution in [1.29, 1.82) is 0 Å². The number of amides is 1. The molecule has 2 aliphatic heterocycles. The number of aromatic nitrogens is 2. The Kier molecular flexibility index (Phi) is 8.33. The highest BCUT2D eigenvalue weighted by molar-refractivity contribution is 7.89. The van der Waals surface area contributed by atoms with Crippen LogP contribution in [0.2, 0.25) is 0 Å². The van der Waals surface area contributed by atoms with Gasteiger partial charge in [0.05, 0.1) is 16.8 Å². The summed E-state index contributed by atoms with van der Waals surface area (Å²) < 4.78 is 33.8. The Bertz CT molecular complexity index is 1410. The van der Waals surface area contributed by atoms with Crippen molar-refractivity contribution in [3.8, 4) is 11.1 Å². The van der Waals surface area contributed by atoms with Gasteiger partial charge in [0.2, 0.25) is 0 Å². The summed E-state index contributed by atoms with van der Waals surface area (Å²) in [5, 5.41) is 4.68. The van der Waals surface area contributed by atoms with E-state index < -0.39 is 15.6 Å². The molecule has 2 aromatic carbocycles. The van der Waals surface area contributed by atoms with Gasteiger partial charge in [0, 0.05) is 31.1 Å². The zero-order valence-electron chi connectivity index (χ0n) is 23.8. The van der Waals surface area contributed by atoms with Crippen LogP contribution in [-0.2, 0) is 21.3 Å². The fraction of sp³-hybridized carbons (Fsp3) is 0.484. The van der Waals surface area contributed by atoms with Crippen LogP contribution >= 0.6 is 0 Å². The molecular formula is C31H40N4O4S. The van der Waals surface area contributed by atoms with Crippen LogP contribution in [0, 0.1) is 0 Å². The van der Waals surface area contributed by atoms with Crippen LogP contribution < -0.4 is 0 Å². The van der Waals surface area contributed by atoms with E-state index in [0.717, 1.165) is 47.7 Å². The number of nitrogens with zero attached hydrogens (tertiary/aromatic N) is 4. The van der Waals surface area contributed by atoms with Gasteiger partial charge < -0.3 is 9.64 Å². The number of rotatable bonds is 6. The molecule has 2 fully saturated rings. The number of ether oxygens (including phenoxy) is 1. The standard InChI is InChI=1S/C31H40N4O4S/c1-31(2,3)39-30(36)34-20-10-11-26(22-34)29-28(23-35(32-29)40(37,38)27-12-6-4-7-13-27)25-16-14-24(15-17-25)21-33-18-8-5-9-19-33/h4,6-7,12-17,23,26H,5,8-11,18-22H2,1-3H3/t26-/m0/s1. The lowest BCUT2D eigenvalue weighted by atomic mass is 9.90. The second-order valence-electron chi connectivity index (χ2n) is 11.9. The highest BCUT2D eigenvalue weighted by Crippen LogP contribution is 2.35. The number of hydrogen-bond donors (Lipinski definition) is 0. The quantitative estimate of drug-likeness (QED) is 0.371. The molecule has 9 heteroatoms. The minimum absolute atomic E-state index is 0.114. The van der Waals surface area contributed by atoms with Gasteiger partial charge in [-0.05, 0) is 82.8 Å². The van der Waals surface area contributed by atoms with Crippen molar-refractivity contribution in [2.75, 3.05) is 26.2 Å². The van der Waals surface area contributed by atoms with Crippen LogP contribution in [0.25, 0.3) is 11.1 Å². The summed E-state index contributed by atoms with van der Waals surface area (Å²) in [5.74, 6) is -0.114. The van der Waals surface area contributed by atoms with Crippen LogP contribution in [0.1, 0.15) is 70.1 Å². The molecule has 0 aliphatic carbocycles. The predicted octanol–water partition coefficient (Wildman–Crippen LogP) is 5.89. The first-order valence-corrected chi connectivity index (χ1v) is 15.7. The molecule has 0 unspecified atom stereocenters. The first-order chi connectivity index (χ1) is 19.1. The summed E-state index contributed by atoms with van der Waals surface area (Å²) in [4.78, 5) is 17.3. The largest absolute Gasteiger partial charge is 0.444 e. The van der Waals surface area contributed by atoms with E-state index >= 15 is 0 Å². The van der Waals surface area contributed by atoms with Crippen LogP contribution in [-0.4, -0.2) is 65.3 Å². The van der Waals surface area contributed by atoms with Crippen molar-refractivity contribution in [2.24, 2.45) is 0 Å². The predicted molar refractivity (Wildman–Crippen MR) is 156 cm³/mol. The topological polar surface area (TPSA) is 84.7 Å². The van der Waals surface area contributed by atoms with Crippen molar-refractivity contribution < 1.29 is 17.9 Å². The average Bonchev–Trinajstić information content (AvgIpc) is 3.40. The number of benzene rings is 2. The van der Waals surface area contributed by atoms with Crippen molar-refractivity contribution in [1.82, 2.24) is 19.0 Å². The van der Waals surface area contributed by atoms with E-state index in [9.17, 15) is 13.2 Å². The Morgan fingerprint density at radius 3 is 2.33 bits per heavy atom. The molecular weight excluding hydrogens is 524 g/mol. The van der Waals surface area contributed by atoms with Crippen molar-refractivity contribution in [3.05, 3.63) is 72.1 Å². The van der Waals surface area contributed by atoms with Gasteiger partial charge in [-0.1, -0.05) is 48.9 Å². The smallest absolute Gasteiger partial charge is 0.410 e. The van der Waals surface area contributed by atoms with Crippen molar-refractivity contribution in [2.45, 2.75) is 75.8 Å². The Hall–Kier alpha value is -3.17. The van der Waals surface area contributed by atoms with Gasteiger partial charge in [0.1, 0.15) is 5.60 Å². The van der Waals surface area contributed by atoms with E-state index in [1.54, 1.807) is 41.4 Å². The number of piperidine rings is 2. The monoisotopic (exact) mass is 564 g/mol. The molecule has 0 radical (unpaired) electrons. The minimum atomic E-state index is -3.87. The molecule has 40 heavy (non-hydrogen) atoms. The number of likely N-dealkylation sites (tertiary alicyclic amines) is 2. The summed E-state index contributed by atoms with van der Waals surface area (Å²) in [7, 11) is -3.87. The lowest BCUT2D eigenvalue weighted by Crippen LogP contribution is -2.42. The highest BCUT2D eigenvalue weighted by Gasteiger charge is 2.32. The van der Waals surface area contributed by atoms with E-state index in [1.807, 2.05) is 20.8 Å². The van der Waals surface area contributed by atoms with Crippen LogP contribution in [0.15, 0.2) is 65.7 Å². The average molecular weight is 565 g/mol. The lowest BCUT2D eigenvalue weighted by molar-refractivity contribution is 0.0197. The van der Waals surface area contributed by atoms with E-state index in [0.29, 0.717) is 18.8 Å². The fourth-order valence-electron chi connectivity index (χ4n) is 5.57. The maximum absolute atomic E-state index is 13.5. The first-order valence-electron chi connectivity index (χ1n) is 14.3. The van der Waals surface area contributed by atoms with Crippen molar-refractivity contribution in [3.63, 3.8) is 0 Å². The molecule has 2 aliphatic rings. The normalized spacial score (nSPS) is 19.0. The van der Waals surface area contributed by atoms with Gasteiger partial charge in [-0.2, -0.15) is 17.6 Å². The molecule has 0 bridgehead atoms. The maximum atomic E-state index is 13.5. The van der Waals surface area contributed by atoms with E-state index in [2.05, 4.69) is 34.3 Å². The molecule has 0 saturated carbocycles. The van der Waals surface area contributed by atoms with Crippen LogP contribution in [0.4, 0.5) is 4.79 Å². The van der Waals surface area contributed by atoms with Gasteiger partial charge in [0.25, 0.3) is 10.0 Å². The van der Waals surface area contributed by atoms with E-state index in [4.69, 9.17) is 4.74 Å². The van der Waals surface area contributed by atoms with Crippen LogP contribution in [0.3, 0.4) is 0 Å². The van der Waals surface area contributed by atoms with Gasteiger partial charge in [0.15, 0.2) is 0 Å². The van der Waals surface area contributed by atoms with Gasteiger partial charge in [-0.3, -0.25) is 4.90 Å². The van der Waals surface area contributed by atoms with Crippen LogP contribution in [0.5, 0.6) is 0 Å². The molecule has 0 spiro atoms. The zero-order valence-corrected chi connectivity index (χ0v) is 24.6. The second-order valence-corrected chi connectivity index (χ2v) is 13.7. The maximum Gasteiger partial charge on any atom is 0.410 e. The molecule has 3 aromatic rings. The third-order valence-electron chi connectivity index (χ3n) is 7.59. The number of carbonyl (C=O) groups is 1. The Labute approximate surface area is 238 Å². The Balaban J connectivity index is 1.47. The molecule has 8 nitrogen and oxygen atoms in total. The fourth-order valence-corrected chi connectivity index (χ4v) is 6.73. The molecule has 214 valence electrons. The molecule has 2 saturated heterocycles. The van der Waals surface area contributed by atoms with E-state index in [1.165, 1.54) is 24.8 Å². The molecule has 1 aromatic heterocycles. The lowest BCUT2D eigenvalue weighted by Gasteiger charge is -2.33. The molecule has 1 atom stereocenters.